The van der Waals surface area contributed by atoms with Gasteiger partial charge in [-0.2, -0.15) is 0 Å². The van der Waals surface area contributed by atoms with Gasteiger partial charge in [0.25, 0.3) is 5.96 Å². The minimum Gasteiger partial charge on any atom is -0.365 e. The maximum Gasteiger partial charge on any atom is 0.251 e. The SMILES string of the molecule is CCc1ccc(CCC(=O)N[C@@H](CCCN=C(N)N[N+](=O)[O-])C(=O)NCCC(C)C)cc1. The Bertz CT molecular complexity index is 764. The van der Waals surface area contributed by atoms with Crippen LogP contribution in [0.5, 0.6) is 0 Å². The van der Waals surface area contributed by atoms with Gasteiger partial charge in [0, 0.05) is 19.5 Å². The van der Waals surface area contributed by atoms with Crippen LogP contribution in [0.1, 0.15) is 57.6 Å². The van der Waals surface area contributed by atoms with Gasteiger partial charge in [-0.15, -0.1) is 0 Å². The number of aliphatic imine (C=N–C) groups is 1. The van der Waals surface area contributed by atoms with Crippen LogP contribution in [-0.2, 0) is 22.4 Å². The summed E-state index contributed by atoms with van der Waals surface area (Å²) in [6.07, 6.45) is 3.45. The van der Waals surface area contributed by atoms with Crippen molar-refractivity contribution in [2.75, 3.05) is 13.1 Å². The molecule has 2 amide bonds. The van der Waals surface area contributed by atoms with Gasteiger partial charge >= 0.3 is 0 Å². The Kier molecular flexibility index (Phi) is 12.4. The molecule has 0 unspecified atom stereocenters. The fourth-order valence-electron chi connectivity index (χ4n) is 2.97. The Morgan fingerprint density at radius 1 is 1.16 bits per heavy atom. The first-order chi connectivity index (χ1) is 15.2. The number of nitrogens with zero attached hydrogens (tertiary/aromatic N) is 2. The van der Waals surface area contributed by atoms with Crippen molar-refractivity contribution in [2.24, 2.45) is 16.6 Å². The van der Waals surface area contributed by atoms with Crippen molar-refractivity contribution in [3.63, 3.8) is 0 Å². The van der Waals surface area contributed by atoms with Crippen LogP contribution in [0.25, 0.3) is 0 Å². The molecule has 1 aromatic carbocycles. The van der Waals surface area contributed by atoms with Gasteiger partial charge in [-0.3, -0.25) is 9.59 Å². The summed E-state index contributed by atoms with van der Waals surface area (Å²) >= 11 is 0. The number of hydrazine groups is 1. The monoisotopic (exact) mass is 448 g/mol. The van der Waals surface area contributed by atoms with Gasteiger partial charge in [-0.25, -0.2) is 15.1 Å². The van der Waals surface area contributed by atoms with Crippen LogP contribution in [0.3, 0.4) is 0 Å². The Hall–Kier alpha value is -3.17. The second-order valence-corrected chi connectivity index (χ2v) is 8.04. The van der Waals surface area contributed by atoms with E-state index in [-0.39, 0.29) is 30.7 Å². The second kappa shape index (κ2) is 14.8. The third kappa shape index (κ3) is 11.9. The van der Waals surface area contributed by atoms with Crippen LogP contribution in [0.4, 0.5) is 0 Å². The van der Waals surface area contributed by atoms with Crippen molar-refractivity contribution in [1.29, 1.82) is 0 Å². The lowest BCUT2D eigenvalue weighted by Crippen LogP contribution is -2.47. The molecule has 1 aromatic rings. The zero-order chi connectivity index (χ0) is 23.9. The number of carbonyl (C=O) groups excluding carboxylic acids is 2. The van der Waals surface area contributed by atoms with Crippen LogP contribution in [-0.4, -0.2) is 41.9 Å². The van der Waals surface area contributed by atoms with Crippen molar-refractivity contribution in [3.8, 4) is 0 Å². The van der Waals surface area contributed by atoms with Crippen LogP contribution < -0.4 is 21.8 Å². The fourth-order valence-corrected chi connectivity index (χ4v) is 2.97. The van der Waals surface area contributed by atoms with E-state index in [0.717, 1.165) is 18.4 Å². The third-order valence-electron chi connectivity index (χ3n) is 4.88. The van der Waals surface area contributed by atoms with Crippen molar-refractivity contribution < 1.29 is 14.6 Å². The summed E-state index contributed by atoms with van der Waals surface area (Å²) in [7, 11) is 0. The lowest BCUT2D eigenvalue weighted by atomic mass is 10.1. The van der Waals surface area contributed by atoms with Crippen LogP contribution in [0.2, 0.25) is 0 Å². The first-order valence-electron chi connectivity index (χ1n) is 11.1. The minimum absolute atomic E-state index is 0.197. The Morgan fingerprint density at radius 2 is 1.81 bits per heavy atom. The highest BCUT2D eigenvalue weighted by molar-refractivity contribution is 5.87. The van der Waals surface area contributed by atoms with Crippen molar-refractivity contribution in [1.82, 2.24) is 16.1 Å². The highest BCUT2D eigenvalue weighted by Crippen LogP contribution is 2.08. The summed E-state index contributed by atoms with van der Waals surface area (Å²) in [6.45, 7) is 6.96. The number of aryl methyl sites for hydroxylation is 2. The molecule has 0 saturated heterocycles. The number of nitrogens with one attached hydrogen (secondary N) is 3. The van der Waals surface area contributed by atoms with Gasteiger partial charge in [0.1, 0.15) is 6.04 Å². The molecule has 0 aliphatic rings. The molecule has 32 heavy (non-hydrogen) atoms. The number of hydrogen-bond acceptors (Lipinski definition) is 5. The van der Waals surface area contributed by atoms with Gasteiger partial charge in [-0.05, 0) is 49.1 Å². The largest absolute Gasteiger partial charge is 0.365 e. The molecular weight excluding hydrogens is 412 g/mol. The van der Waals surface area contributed by atoms with Gasteiger partial charge in [0.2, 0.25) is 11.8 Å². The molecule has 0 radical (unpaired) electrons. The molecule has 0 aromatic heterocycles. The van der Waals surface area contributed by atoms with Gasteiger partial charge in [0.05, 0.1) is 0 Å². The van der Waals surface area contributed by atoms with Crippen LogP contribution in [0, 0.1) is 16.0 Å². The minimum atomic E-state index is -0.792. The number of amides is 2. The predicted molar refractivity (Wildman–Crippen MR) is 124 cm³/mol. The second-order valence-electron chi connectivity index (χ2n) is 8.04. The number of guanidine groups is 1. The number of nitro groups is 1. The normalized spacial score (nSPS) is 12.3. The molecule has 0 fully saturated rings. The van der Waals surface area contributed by atoms with E-state index in [2.05, 4.69) is 48.5 Å². The number of benzene rings is 1. The zero-order valence-corrected chi connectivity index (χ0v) is 19.2. The topological polar surface area (TPSA) is 152 Å². The summed E-state index contributed by atoms with van der Waals surface area (Å²) in [4.78, 5) is 39.3. The average Bonchev–Trinajstić information content (AvgIpc) is 2.73. The number of nitrogens with two attached hydrogens (primary N) is 1. The molecule has 0 saturated carbocycles. The molecule has 0 aliphatic heterocycles. The molecular formula is C22H36N6O4. The smallest absolute Gasteiger partial charge is 0.251 e. The van der Waals surface area contributed by atoms with Crippen molar-refractivity contribution in [2.45, 2.75) is 65.3 Å². The summed E-state index contributed by atoms with van der Waals surface area (Å²) in [5.41, 5.74) is 9.46. The highest BCUT2D eigenvalue weighted by atomic mass is 16.7. The van der Waals surface area contributed by atoms with Crippen LogP contribution >= 0.6 is 0 Å². The number of carbonyl (C=O) groups is 2. The van der Waals surface area contributed by atoms with E-state index < -0.39 is 11.1 Å². The predicted octanol–water partition coefficient (Wildman–Crippen LogP) is 1.70. The molecule has 1 atom stereocenters. The molecule has 0 heterocycles. The molecule has 5 N–H and O–H groups in total. The molecule has 10 heteroatoms. The lowest BCUT2D eigenvalue weighted by molar-refractivity contribution is -0.525. The summed E-state index contributed by atoms with van der Waals surface area (Å²) in [6, 6.07) is 7.45. The number of hydrogen-bond donors (Lipinski definition) is 4. The Balaban J connectivity index is 2.60. The van der Waals surface area contributed by atoms with Crippen LogP contribution in [0.15, 0.2) is 29.3 Å². The first kappa shape index (κ1) is 26.9. The third-order valence-corrected chi connectivity index (χ3v) is 4.88. The molecule has 0 bridgehead atoms. The van der Waals surface area contributed by atoms with E-state index in [1.165, 1.54) is 5.56 Å². The lowest BCUT2D eigenvalue weighted by Gasteiger charge is -2.19. The maximum atomic E-state index is 12.6. The van der Waals surface area contributed by atoms with E-state index in [1.54, 1.807) is 5.43 Å². The van der Waals surface area contributed by atoms with E-state index in [9.17, 15) is 19.7 Å². The zero-order valence-electron chi connectivity index (χ0n) is 19.2. The molecule has 1 rings (SSSR count). The summed E-state index contributed by atoms with van der Waals surface area (Å²) < 4.78 is 0. The van der Waals surface area contributed by atoms with E-state index >= 15 is 0 Å². The average molecular weight is 449 g/mol. The maximum absolute atomic E-state index is 12.6. The van der Waals surface area contributed by atoms with E-state index in [0.29, 0.717) is 31.7 Å². The highest BCUT2D eigenvalue weighted by Gasteiger charge is 2.20. The standard InChI is InChI=1S/C22H36N6O4/c1-4-17-7-9-18(10-8-17)11-12-20(29)26-19(21(30)24-15-13-16(2)3)6-5-14-25-22(23)27-28(31)32/h7-10,16,19H,4-6,11-15H2,1-3H3,(H,24,30)(H,26,29)(H3,23,25,27)/t19-/m0/s1. The molecule has 0 aliphatic carbocycles. The Morgan fingerprint density at radius 3 is 2.41 bits per heavy atom. The fraction of sp³-hybridized carbons (Fsp3) is 0.591. The quantitative estimate of drug-likeness (QED) is 0.112. The first-order valence-corrected chi connectivity index (χ1v) is 11.1. The van der Waals surface area contributed by atoms with E-state index in [1.807, 2.05) is 12.1 Å². The van der Waals surface area contributed by atoms with Crippen molar-refractivity contribution in [3.05, 3.63) is 45.5 Å². The molecule has 0 spiro atoms. The molecule has 178 valence electrons. The van der Waals surface area contributed by atoms with E-state index in [4.69, 9.17) is 5.73 Å². The number of rotatable bonds is 14. The van der Waals surface area contributed by atoms with Gasteiger partial charge in [-0.1, -0.05) is 50.5 Å². The summed E-state index contributed by atoms with van der Waals surface area (Å²) in [5.74, 6) is -0.293. The van der Waals surface area contributed by atoms with Crippen molar-refractivity contribution >= 4 is 17.8 Å². The van der Waals surface area contributed by atoms with Gasteiger partial charge < -0.3 is 16.4 Å². The summed E-state index contributed by atoms with van der Waals surface area (Å²) in [5, 5.41) is 15.2. The Labute approximate surface area is 189 Å². The van der Waals surface area contributed by atoms with Gasteiger partial charge in [0.15, 0.2) is 5.03 Å². The molecule has 10 nitrogen and oxygen atoms in total.